The van der Waals surface area contributed by atoms with Crippen molar-refractivity contribution in [3.63, 3.8) is 0 Å². The number of hydrogen-bond donors (Lipinski definition) is 2. The summed E-state index contributed by atoms with van der Waals surface area (Å²) in [6.07, 6.45) is 3.12. The Hall–Kier alpha value is -2.85. The van der Waals surface area contributed by atoms with E-state index >= 15 is 0 Å². The molecule has 0 radical (unpaired) electrons. The van der Waals surface area contributed by atoms with Crippen LogP contribution in [0.4, 0.5) is 0 Å². The van der Waals surface area contributed by atoms with E-state index in [1.165, 1.54) is 0 Å². The van der Waals surface area contributed by atoms with Gasteiger partial charge in [0.25, 0.3) is 0 Å². The number of aliphatic carboxylic acids is 1. The minimum Gasteiger partial charge on any atom is -0.481 e. The van der Waals surface area contributed by atoms with Crippen molar-refractivity contribution in [1.82, 2.24) is 14.7 Å². The standard InChI is InChI=1S/C28H42N4O6/c1-4-5-11-30(14-10-29)24(33)17-32-16-20(19-6-7-22-23(15-19)38-18-37-22)25(26(34)35)21(32)8-12-31-13-9-28(2,3)27(31)36/h6-7,15,20-21,25H,4-5,8-14,16-18,29H2,1-3H3,(H,34,35)/t20-,21+,25-/m1/s1. The van der Waals surface area contributed by atoms with Crippen LogP contribution in [0.1, 0.15) is 57.9 Å². The molecule has 0 spiro atoms. The first-order valence-corrected chi connectivity index (χ1v) is 13.8. The third kappa shape index (κ3) is 5.91. The first-order chi connectivity index (χ1) is 18.2. The van der Waals surface area contributed by atoms with Crippen LogP contribution in [-0.2, 0) is 14.4 Å². The SMILES string of the molecule is CCCCN(CCN)C(=O)CN1C[C@H](c2ccc3c(c2)OCO3)[C@@H](C(=O)O)[C@@H]1CCN1CCC(C)(C)C1=O. The molecule has 10 nitrogen and oxygen atoms in total. The molecule has 2 fully saturated rings. The van der Waals surface area contributed by atoms with Crippen molar-refractivity contribution < 1.29 is 29.0 Å². The van der Waals surface area contributed by atoms with Crippen molar-refractivity contribution in [2.75, 3.05) is 52.6 Å². The highest BCUT2D eigenvalue weighted by atomic mass is 16.7. The lowest BCUT2D eigenvalue weighted by Gasteiger charge is -2.31. The van der Waals surface area contributed by atoms with Gasteiger partial charge in [0.2, 0.25) is 18.6 Å². The van der Waals surface area contributed by atoms with Crippen LogP contribution in [0.2, 0.25) is 0 Å². The van der Waals surface area contributed by atoms with Gasteiger partial charge in [-0.1, -0.05) is 33.3 Å². The summed E-state index contributed by atoms with van der Waals surface area (Å²) in [5.41, 5.74) is 6.24. The summed E-state index contributed by atoms with van der Waals surface area (Å²) >= 11 is 0. The van der Waals surface area contributed by atoms with Gasteiger partial charge in [-0.15, -0.1) is 0 Å². The minimum absolute atomic E-state index is 0.0391. The van der Waals surface area contributed by atoms with E-state index in [-0.39, 0.29) is 31.1 Å². The largest absolute Gasteiger partial charge is 0.481 e. The Morgan fingerprint density at radius 1 is 1.21 bits per heavy atom. The van der Waals surface area contributed by atoms with Crippen molar-refractivity contribution >= 4 is 17.8 Å². The van der Waals surface area contributed by atoms with Crippen molar-refractivity contribution in [3.05, 3.63) is 23.8 Å². The number of unbranched alkanes of at least 4 members (excludes halogenated alkanes) is 1. The van der Waals surface area contributed by atoms with Gasteiger partial charge < -0.3 is 30.1 Å². The van der Waals surface area contributed by atoms with E-state index in [0.29, 0.717) is 57.2 Å². The predicted octanol–water partition coefficient (Wildman–Crippen LogP) is 2.12. The second-order valence-corrected chi connectivity index (χ2v) is 11.3. The molecule has 0 aliphatic carbocycles. The van der Waals surface area contributed by atoms with Gasteiger partial charge in [0, 0.05) is 56.6 Å². The highest BCUT2D eigenvalue weighted by molar-refractivity contribution is 5.84. The van der Waals surface area contributed by atoms with Gasteiger partial charge >= 0.3 is 5.97 Å². The van der Waals surface area contributed by atoms with Crippen LogP contribution in [0.25, 0.3) is 0 Å². The van der Waals surface area contributed by atoms with Gasteiger partial charge in [-0.3, -0.25) is 19.3 Å². The van der Waals surface area contributed by atoms with Crippen LogP contribution in [0.3, 0.4) is 0 Å². The van der Waals surface area contributed by atoms with Crippen molar-refractivity contribution in [2.24, 2.45) is 17.1 Å². The Morgan fingerprint density at radius 3 is 2.63 bits per heavy atom. The summed E-state index contributed by atoms with van der Waals surface area (Å²) in [7, 11) is 0. The molecule has 210 valence electrons. The van der Waals surface area contributed by atoms with Crippen LogP contribution < -0.4 is 15.2 Å². The lowest BCUT2D eigenvalue weighted by molar-refractivity contribution is -0.144. The number of likely N-dealkylation sites (tertiary alicyclic amines) is 2. The summed E-state index contributed by atoms with van der Waals surface area (Å²) in [6, 6.07) is 5.18. The number of carbonyl (C=O) groups is 3. The van der Waals surface area contributed by atoms with Crippen LogP contribution >= 0.6 is 0 Å². The third-order valence-electron chi connectivity index (χ3n) is 8.30. The topological polar surface area (TPSA) is 126 Å². The predicted molar refractivity (Wildman–Crippen MR) is 142 cm³/mol. The molecule has 3 atom stereocenters. The second kappa shape index (κ2) is 11.9. The molecule has 2 saturated heterocycles. The Balaban J connectivity index is 1.58. The molecule has 2 amide bonds. The van der Waals surface area contributed by atoms with E-state index in [4.69, 9.17) is 15.2 Å². The Morgan fingerprint density at radius 2 is 1.97 bits per heavy atom. The Labute approximate surface area is 225 Å². The average Bonchev–Trinajstić information content (AvgIpc) is 3.56. The summed E-state index contributed by atoms with van der Waals surface area (Å²) in [5.74, 6) is -0.641. The second-order valence-electron chi connectivity index (χ2n) is 11.3. The number of benzene rings is 1. The zero-order valence-electron chi connectivity index (χ0n) is 22.9. The lowest BCUT2D eigenvalue weighted by atomic mass is 9.84. The normalized spacial score (nSPS) is 24.3. The van der Waals surface area contributed by atoms with Gasteiger partial charge in [0.1, 0.15) is 0 Å². The fourth-order valence-electron chi connectivity index (χ4n) is 6.03. The highest BCUT2D eigenvalue weighted by Crippen LogP contribution is 2.43. The number of ether oxygens (including phenoxy) is 2. The van der Waals surface area contributed by atoms with Crippen LogP contribution in [0, 0.1) is 11.3 Å². The molecule has 10 heteroatoms. The number of carboxylic acids is 1. The van der Waals surface area contributed by atoms with Crippen molar-refractivity contribution in [1.29, 1.82) is 0 Å². The van der Waals surface area contributed by atoms with Gasteiger partial charge in [0.15, 0.2) is 11.5 Å². The number of rotatable bonds is 12. The van der Waals surface area contributed by atoms with Crippen molar-refractivity contribution in [3.8, 4) is 11.5 Å². The smallest absolute Gasteiger partial charge is 0.308 e. The number of fused-ring (bicyclic) bond motifs is 1. The first-order valence-electron chi connectivity index (χ1n) is 13.8. The molecular formula is C28H42N4O6. The molecule has 0 saturated carbocycles. The molecule has 3 aliphatic rings. The zero-order chi connectivity index (χ0) is 27.4. The fraction of sp³-hybridized carbons (Fsp3) is 0.679. The number of amides is 2. The summed E-state index contributed by atoms with van der Waals surface area (Å²) in [5, 5.41) is 10.4. The number of nitrogens with two attached hydrogens (primary N) is 1. The van der Waals surface area contributed by atoms with Gasteiger partial charge in [-0.25, -0.2) is 0 Å². The number of carbonyl (C=O) groups excluding carboxylic acids is 2. The molecular weight excluding hydrogens is 488 g/mol. The van der Waals surface area contributed by atoms with E-state index in [9.17, 15) is 19.5 Å². The first kappa shape index (κ1) is 28.2. The number of nitrogens with zero attached hydrogens (tertiary/aromatic N) is 3. The van der Waals surface area contributed by atoms with Gasteiger partial charge in [-0.05, 0) is 37.0 Å². The maximum Gasteiger partial charge on any atom is 0.308 e. The maximum atomic E-state index is 13.4. The quantitative estimate of drug-likeness (QED) is 0.421. The molecule has 0 aromatic heterocycles. The summed E-state index contributed by atoms with van der Waals surface area (Å²) in [6.45, 7) is 9.30. The van der Waals surface area contributed by atoms with Crippen LogP contribution in [-0.4, -0.2) is 96.2 Å². The molecule has 3 heterocycles. The summed E-state index contributed by atoms with van der Waals surface area (Å²) < 4.78 is 11.0. The number of carboxylic acid groups (broad SMARTS) is 1. The van der Waals surface area contributed by atoms with E-state index in [2.05, 4.69) is 6.92 Å². The number of hydrogen-bond acceptors (Lipinski definition) is 7. The van der Waals surface area contributed by atoms with E-state index < -0.39 is 23.3 Å². The van der Waals surface area contributed by atoms with E-state index in [1.807, 2.05) is 41.8 Å². The summed E-state index contributed by atoms with van der Waals surface area (Å²) in [4.78, 5) is 44.6. The van der Waals surface area contributed by atoms with Gasteiger partial charge in [-0.2, -0.15) is 0 Å². The molecule has 38 heavy (non-hydrogen) atoms. The lowest BCUT2D eigenvalue weighted by Crippen LogP contribution is -2.46. The van der Waals surface area contributed by atoms with E-state index in [0.717, 1.165) is 24.8 Å². The molecule has 3 aliphatic heterocycles. The molecule has 3 N–H and O–H groups in total. The average molecular weight is 531 g/mol. The Kier molecular flexibility index (Phi) is 8.82. The van der Waals surface area contributed by atoms with Crippen LogP contribution in [0.15, 0.2) is 18.2 Å². The molecule has 1 aromatic carbocycles. The third-order valence-corrected chi connectivity index (χ3v) is 8.30. The molecule has 4 rings (SSSR count). The Bertz CT molecular complexity index is 1030. The zero-order valence-corrected chi connectivity index (χ0v) is 22.9. The van der Waals surface area contributed by atoms with Crippen LogP contribution in [0.5, 0.6) is 11.5 Å². The minimum atomic E-state index is -0.898. The maximum absolute atomic E-state index is 13.4. The van der Waals surface area contributed by atoms with Gasteiger partial charge in [0.05, 0.1) is 12.5 Å². The molecule has 1 aromatic rings. The highest BCUT2D eigenvalue weighted by Gasteiger charge is 2.48. The fourth-order valence-corrected chi connectivity index (χ4v) is 6.03. The molecule has 0 unspecified atom stereocenters. The molecule has 0 bridgehead atoms. The monoisotopic (exact) mass is 530 g/mol. The van der Waals surface area contributed by atoms with E-state index in [1.54, 1.807) is 4.90 Å². The van der Waals surface area contributed by atoms with Crippen molar-refractivity contribution in [2.45, 2.75) is 58.4 Å².